The van der Waals surface area contributed by atoms with E-state index < -0.39 is 0 Å². The van der Waals surface area contributed by atoms with E-state index in [2.05, 4.69) is 38.8 Å². The fourth-order valence-corrected chi connectivity index (χ4v) is 2.48. The molecular weight excluding hydrogens is 314 g/mol. The third kappa shape index (κ3) is 4.23. The third-order valence-corrected chi connectivity index (χ3v) is 3.65. The molecule has 25 heavy (non-hydrogen) atoms. The summed E-state index contributed by atoms with van der Waals surface area (Å²) in [6, 6.07) is 15.8. The van der Waals surface area contributed by atoms with E-state index in [4.69, 9.17) is 4.74 Å². The first-order valence-electron chi connectivity index (χ1n) is 8.33. The van der Waals surface area contributed by atoms with Crippen LogP contribution in [0.4, 0.5) is 23.1 Å². The molecule has 6 nitrogen and oxygen atoms in total. The quantitative estimate of drug-likeness (QED) is 0.670. The molecule has 0 aliphatic heterocycles. The molecule has 0 atom stereocenters. The lowest BCUT2D eigenvalue weighted by Gasteiger charge is -2.12. The van der Waals surface area contributed by atoms with Crippen LogP contribution in [0.5, 0.6) is 5.75 Å². The highest BCUT2D eigenvalue weighted by Crippen LogP contribution is 2.27. The van der Waals surface area contributed by atoms with Crippen molar-refractivity contribution in [2.45, 2.75) is 20.3 Å². The minimum atomic E-state index is 0.444. The van der Waals surface area contributed by atoms with E-state index >= 15 is 0 Å². The molecule has 2 N–H and O–H groups in total. The molecule has 0 saturated heterocycles. The molecule has 0 unspecified atom stereocenters. The summed E-state index contributed by atoms with van der Waals surface area (Å²) >= 11 is 0. The van der Waals surface area contributed by atoms with Crippen LogP contribution < -0.4 is 15.4 Å². The SMILES string of the molecule is CCOc1ccccc1Nc1cnnc(Nc2ccccc2CC)n1. The zero-order valence-electron chi connectivity index (χ0n) is 14.4. The van der Waals surface area contributed by atoms with Crippen LogP contribution in [-0.4, -0.2) is 21.8 Å². The fourth-order valence-electron chi connectivity index (χ4n) is 2.48. The molecule has 2 aromatic carbocycles. The van der Waals surface area contributed by atoms with Crippen LogP contribution in [0.25, 0.3) is 0 Å². The highest BCUT2D eigenvalue weighted by atomic mass is 16.5. The molecule has 0 bridgehead atoms. The molecule has 3 rings (SSSR count). The Hall–Kier alpha value is -3.15. The Morgan fingerprint density at radius 1 is 0.920 bits per heavy atom. The number of anilines is 4. The normalized spacial score (nSPS) is 10.3. The van der Waals surface area contributed by atoms with Crippen LogP contribution in [-0.2, 0) is 6.42 Å². The molecule has 0 fully saturated rings. The summed E-state index contributed by atoms with van der Waals surface area (Å²) in [5.41, 5.74) is 3.02. The van der Waals surface area contributed by atoms with Crippen molar-refractivity contribution in [3.63, 3.8) is 0 Å². The van der Waals surface area contributed by atoms with Crippen LogP contribution in [0.15, 0.2) is 54.7 Å². The second kappa shape index (κ2) is 8.10. The van der Waals surface area contributed by atoms with Crippen LogP contribution in [0.1, 0.15) is 19.4 Å². The lowest BCUT2D eigenvalue weighted by molar-refractivity contribution is 0.342. The number of aromatic nitrogens is 3. The molecule has 6 heteroatoms. The van der Waals surface area contributed by atoms with Gasteiger partial charge in [0, 0.05) is 5.69 Å². The average Bonchev–Trinajstić information content (AvgIpc) is 2.64. The van der Waals surface area contributed by atoms with Crippen LogP contribution in [0.3, 0.4) is 0 Å². The summed E-state index contributed by atoms with van der Waals surface area (Å²) in [6.07, 6.45) is 2.51. The molecule has 128 valence electrons. The van der Waals surface area contributed by atoms with E-state index in [9.17, 15) is 0 Å². The zero-order valence-corrected chi connectivity index (χ0v) is 14.4. The third-order valence-electron chi connectivity index (χ3n) is 3.65. The van der Waals surface area contributed by atoms with E-state index in [-0.39, 0.29) is 0 Å². The number of benzene rings is 2. The Balaban J connectivity index is 1.80. The van der Waals surface area contributed by atoms with Gasteiger partial charge in [-0.15, -0.1) is 5.10 Å². The summed E-state index contributed by atoms with van der Waals surface area (Å²) in [6.45, 7) is 4.67. The number of aryl methyl sites for hydroxylation is 1. The summed E-state index contributed by atoms with van der Waals surface area (Å²) in [5.74, 6) is 1.81. The standard InChI is InChI=1S/C19H21N5O/c1-3-14-9-5-6-10-15(14)22-19-23-18(13-20-24-19)21-16-11-7-8-12-17(16)25-4-2/h5-13H,3-4H2,1-2H3,(H2,21,22,23,24). The predicted molar refractivity (Wildman–Crippen MR) is 99.8 cm³/mol. The monoisotopic (exact) mass is 335 g/mol. The summed E-state index contributed by atoms with van der Waals surface area (Å²) in [7, 11) is 0. The number of para-hydroxylation sites is 3. The average molecular weight is 335 g/mol. The lowest BCUT2D eigenvalue weighted by Crippen LogP contribution is -2.04. The molecular formula is C19H21N5O. The van der Waals surface area contributed by atoms with Gasteiger partial charge in [-0.3, -0.25) is 0 Å². The minimum Gasteiger partial charge on any atom is -0.492 e. The maximum atomic E-state index is 5.62. The smallest absolute Gasteiger partial charge is 0.249 e. The first-order valence-corrected chi connectivity index (χ1v) is 8.33. The number of nitrogens with one attached hydrogen (secondary N) is 2. The van der Waals surface area contributed by atoms with Gasteiger partial charge in [-0.1, -0.05) is 37.3 Å². The largest absolute Gasteiger partial charge is 0.492 e. The van der Waals surface area contributed by atoms with E-state index in [0.717, 1.165) is 23.5 Å². The highest BCUT2D eigenvalue weighted by Gasteiger charge is 2.07. The molecule has 0 amide bonds. The summed E-state index contributed by atoms with van der Waals surface area (Å²) < 4.78 is 5.62. The first-order chi connectivity index (χ1) is 12.3. The Morgan fingerprint density at radius 3 is 2.48 bits per heavy atom. The van der Waals surface area contributed by atoms with E-state index in [1.54, 1.807) is 6.20 Å². The summed E-state index contributed by atoms with van der Waals surface area (Å²) in [4.78, 5) is 4.49. The van der Waals surface area contributed by atoms with Gasteiger partial charge in [0.2, 0.25) is 5.95 Å². The molecule has 0 radical (unpaired) electrons. The van der Waals surface area contributed by atoms with Gasteiger partial charge in [-0.05, 0) is 37.1 Å². The van der Waals surface area contributed by atoms with Crippen molar-refractivity contribution in [1.29, 1.82) is 0 Å². The Kier molecular flexibility index (Phi) is 5.41. The predicted octanol–water partition coefficient (Wildman–Crippen LogP) is 4.32. The summed E-state index contributed by atoms with van der Waals surface area (Å²) in [5, 5.41) is 14.6. The molecule has 0 saturated carbocycles. The Bertz CT molecular complexity index is 837. The van der Waals surface area contributed by atoms with Crippen molar-refractivity contribution < 1.29 is 4.74 Å². The van der Waals surface area contributed by atoms with Crippen LogP contribution >= 0.6 is 0 Å². The molecule has 3 aromatic rings. The maximum Gasteiger partial charge on any atom is 0.249 e. The number of hydrogen-bond donors (Lipinski definition) is 2. The molecule has 1 aromatic heterocycles. The van der Waals surface area contributed by atoms with Gasteiger partial charge in [-0.25, -0.2) is 0 Å². The van der Waals surface area contributed by atoms with Crippen molar-refractivity contribution >= 4 is 23.1 Å². The fraction of sp³-hybridized carbons (Fsp3) is 0.211. The van der Waals surface area contributed by atoms with Crippen molar-refractivity contribution in [2.24, 2.45) is 0 Å². The van der Waals surface area contributed by atoms with Crippen molar-refractivity contribution in [3.05, 3.63) is 60.3 Å². The van der Waals surface area contributed by atoms with Gasteiger partial charge in [0.15, 0.2) is 5.82 Å². The molecule has 1 heterocycles. The lowest BCUT2D eigenvalue weighted by atomic mass is 10.1. The van der Waals surface area contributed by atoms with Gasteiger partial charge in [0.05, 0.1) is 18.5 Å². The second-order valence-corrected chi connectivity index (χ2v) is 5.36. The van der Waals surface area contributed by atoms with Crippen LogP contribution in [0, 0.1) is 0 Å². The van der Waals surface area contributed by atoms with Crippen molar-refractivity contribution in [3.8, 4) is 5.75 Å². The Morgan fingerprint density at radius 2 is 1.68 bits per heavy atom. The number of rotatable bonds is 7. The van der Waals surface area contributed by atoms with Crippen molar-refractivity contribution in [2.75, 3.05) is 17.2 Å². The highest BCUT2D eigenvalue weighted by molar-refractivity contribution is 5.65. The van der Waals surface area contributed by atoms with Crippen molar-refractivity contribution in [1.82, 2.24) is 15.2 Å². The first kappa shape index (κ1) is 16.7. The van der Waals surface area contributed by atoms with Gasteiger partial charge < -0.3 is 15.4 Å². The van der Waals surface area contributed by atoms with Gasteiger partial charge in [-0.2, -0.15) is 10.1 Å². The van der Waals surface area contributed by atoms with Gasteiger partial charge >= 0.3 is 0 Å². The number of hydrogen-bond acceptors (Lipinski definition) is 6. The topological polar surface area (TPSA) is 72.0 Å². The molecule has 0 aliphatic rings. The molecule has 0 spiro atoms. The number of ether oxygens (including phenoxy) is 1. The minimum absolute atomic E-state index is 0.444. The number of nitrogens with zero attached hydrogens (tertiary/aromatic N) is 3. The van der Waals surface area contributed by atoms with Gasteiger partial charge in [0.1, 0.15) is 5.75 Å². The maximum absolute atomic E-state index is 5.62. The van der Waals surface area contributed by atoms with E-state index in [1.807, 2.05) is 49.4 Å². The second-order valence-electron chi connectivity index (χ2n) is 5.36. The van der Waals surface area contributed by atoms with Gasteiger partial charge in [0.25, 0.3) is 0 Å². The van der Waals surface area contributed by atoms with Crippen LogP contribution in [0.2, 0.25) is 0 Å². The van der Waals surface area contributed by atoms with E-state index in [1.165, 1.54) is 5.56 Å². The van der Waals surface area contributed by atoms with E-state index in [0.29, 0.717) is 18.4 Å². The Labute approximate surface area is 147 Å². The molecule has 0 aliphatic carbocycles. The zero-order chi connectivity index (χ0) is 17.5.